The number of rotatable bonds is 3. The number of hydrogen-bond donors (Lipinski definition) is 0. The lowest BCUT2D eigenvalue weighted by atomic mass is 9.84. The summed E-state index contributed by atoms with van der Waals surface area (Å²) >= 11 is 0. The summed E-state index contributed by atoms with van der Waals surface area (Å²) in [6, 6.07) is 0. The molecule has 0 heterocycles. The molecule has 0 fully saturated rings. The number of carbonyl (C=O) groups is 1. The van der Waals surface area contributed by atoms with Crippen molar-refractivity contribution in [3.05, 3.63) is 12.2 Å². The van der Waals surface area contributed by atoms with Crippen LogP contribution in [-0.4, -0.2) is 12.6 Å². The zero-order valence-electron chi connectivity index (χ0n) is 8.45. The van der Waals surface area contributed by atoms with E-state index in [-0.39, 0.29) is 11.9 Å². The topological polar surface area (TPSA) is 26.3 Å². The van der Waals surface area contributed by atoms with Gasteiger partial charge in [-0.1, -0.05) is 26.0 Å². The Kier molecular flexibility index (Phi) is 4.00. The highest BCUT2D eigenvalue weighted by molar-refractivity contribution is 5.73. The van der Waals surface area contributed by atoms with E-state index in [2.05, 4.69) is 19.1 Å². The summed E-state index contributed by atoms with van der Waals surface area (Å²) in [4.78, 5) is 11.5. The molecule has 0 saturated heterocycles. The van der Waals surface area contributed by atoms with Crippen LogP contribution < -0.4 is 0 Å². The Morgan fingerprint density at radius 3 is 2.77 bits per heavy atom. The van der Waals surface area contributed by atoms with Gasteiger partial charge in [0.2, 0.25) is 0 Å². The second-order valence-corrected chi connectivity index (χ2v) is 3.69. The molecule has 0 aliphatic heterocycles. The first-order valence-electron chi connectivity index (χ1n) is 5.07. The Morgan fingerprint density at radius 1 is 1.46 bits per heavy atom. The summed E-state index contributed by atoms with van der Waals surface area (Å²) in [5, 5.41) is 0. The van der Waals surface area contributed by atoms with Gasteiger partial charge in [0.1, 0.15) is 0 Å². The normalized spacial score (nSPS) is 27.2. The molecule has 2 heteroatoms. The third-order valence-electron chi connectivity index (χ3n) is 2.50. The van der Waals surface area contributed by atoms with Crippen LogP contribution >= 0.6 is 0 Å². The van der Waals surface area contributed by atoms with Gasteiger partial charge in [-0.15, -0.1) is 0 Å². The van der Waals surface area contributed by atoms with Crippen molar-refractivity contribution < 1.29 is 9.53 Å². The van der Waals surface area contributed by atoms with Gasteiger partial charge in [0, 0.05) is 0 Å². The molecule has 0 amide bonds. The van der Waals surface area contributed by atoms with Gasteiger partial charge in [0.05, 0.1) is 12.5 Å². The maximum Gasteiger partial charge on any atom is 0.309 e. The lowest BCUT2D eigenvalue weighted by Crippen LogP contribution is -2.25. The van der Waals surface area contributed by atoms with E-state index in [0.717, 1.165) is 19.3 Å². The summed E-state index contributed by atoms with van der Waals surface area (Å²) in [5.74, 6) is 0.518. The van der Waals surface area contributed by atoms with Gasteiger partial charge in [-0.2, -0.15) is 0 Å². The van der Waals surface area contributed by atoms with E-state index in [9.17, 15) is 4.79 Å². The van der Waals surface area contributed by atoms with Crippen molar-refractivity contribution in [1.29, 1.82) is 0 Å². The molecule has 74 valence electrons. The fraction of sp³-hybridized carbons (Fsp3) is 0.727. The van der Waals surface area contributed by atoms with Crippen molar-refractivity contribution in [1.82, 2.24) is 0 Å². The van der Waals surface area contributed by atoms with Crippen molar-refractivity contribution in [3.63, 3.8) is 0 Å². The molecule has 2 nitrogen and oxygen atoms in total. The average Bonchev–Trinajstić information content (AvgIpc) is 2.15. The van der Waals surface area contributed by atoms with Gasteiger partial charge in [-0.3, -0.25) is 4.79 Å². The molecule has 0 aromatic heterocycles. The largest absolute Gasteiger partial charge is 0.465 e. The van der Waals surface area contributed by atoms with Gasteiger partial charge >= 0.3 is 5.97 Å². The van der Waals surface area contributed by atoms with Gasteiger partial charge in [-0.25, -0.2) is 0 Å². The molecule has 2 atom stereocenters. The Balaban J connectivity index is 2.41. The molecule has 0 radical (unpaired) electrons. The summed E-state index contributed by atoms with van der Waals surface area (Å²) in [6.07, 6.45) is 6.99. The minimum absolute atomic E-state index is 0.0151. The van der Waals surface area contributed by atoms with E-state index in [1.54, 1.807) is 0 Å². The van der Waals surface area contributed by atoms with E-state index in [0.29, 0.717) is 12.5 Å². The minimum Gasteiger partial charge on any atom is -0.465 e. The van der Waals surface area contributed by atoms with Gasteiger partial charge in [0.15, 0.2) is 0 Å². The van der Waals surface area contributed by atoms with Crippen molar-refractivity contribution >= 4 is 5.97 Å². The third-order valence-corrected chi connectivity index (χ3v) is 2.50. The number of ether oxygens (including phenoxy) is 1. The second-order valence-electron chi connectivity index (χ2n) is 3.69. The Hall–Kier alpha value is -0.790. The van der Waals surface area contributed by atoms with E-state index >= 15 is 0 Å². The maximum absolute atomic E-state index is 11.5. The average molecular weight is 182 g/mol. The van der Waals surface area contributed by atoms with E-state index < -0.39 is 0 Å². The van der Waals surface area contributed by atoms with Crippen molar-refractivity contribution in [3.8, 4) is 0 Å². The predicted octanol–water partition coefficient (Wildman–Crippen LogP) is 2.54. The van der Waals surface area contributed by atoms with Gasteiger partial charge in [-0.05, 0) is 25.2 Å². The number of allylic oxidation sites excluding steroid dienone is 2. The molecule has 0 bridgehead atoms. The summed E-state index contributed by atoms with van der Waals surface area (Å²) in [7, 11) is 0. The fourth-order valence-corrected chi connectivity index (χ4v) is 1.59. The standard InChI is InChI=1S/C11H18O2/c1-3-8-13-11(12)10-7-5-4-6-9(10)2/h4-5,9-10H,3,6-8H2,1-2H3. The number of hydrogen-bond acceptors (Lipinski definition) is 2. The van der Waals surface area contributed by atoms with Gasteiger partial charge in [0.25, 0.3) is 0 Å². The zero-order valence-corrected chi connectivity index (χ0v) is 8.45. The van der Waals surface area contributed by atoms with Crippen LogP contribution in [-0.2, 0) is 9.53 Å². The van der Waals surface area contributed by atoms with Crippen molar-refractivity contribution in [2.75, 3.05) is 6.61 Å². The minimum atomic E-state index is -0.0151. The van der Waals surface area contributed by atoms with Crippen LogP contribution in [0, 0.1) is 11.8 Å². The monoisotopic (exact) mass is 182 g/mol. The van der Waals surface area contributed by atoms with Crippen LogP contribution in [0.3, 0.4) is 0 Å². The van der Waals surface area contributed by atoms with Crippen molar-refractivity contribution in [2.45, 2.75) is 33.1 Å². The predicted molar refractivity (Wildman–Crippen MR) is 52.3 cm³/mol. The second kappa shape index (κ2) is 5.05. The molecular weight excluding hydrogens is 164 g/mol. The van der Waals surface area contributed by atoms with Crippen LogP contribution in [0.5, 0.6) is 0 Å². The van der Waals surface area contributed by atoms with Crippen LogP contribution in [0.2, 0.25) is 0 Å². The highest BCUT2D eigenvalue weighted by Crippen LogP contribution is 2.25. The lowest BCUT2D eigenvalue weighted by molar-refractivity contribution is -0.150. The molecular formula is C11H18O2. The highest BCUT2D eigenvalue weighted by Gasteiger charge is 2.26. The third kappa shape index (κ3) is 2.87. The molecule has 13 heavy (non-hydrogen) atoms. The van der Waals surface area contributed by atoms with Gasteiger partial charge < -0.3 is 4.74 Å². The molecule has 0 N–H and O–H groups in total. The molecule has 1 aliphatic rings. The van der Waals surface area contributed by atoms with Crippen LogP contribution in [0.1, 0.15) is 33.1 Å². The molecule has 2 unspecified atom stereocenters. The van der Waals surface area contributed by atoms with E-state index in [4.69, 9.17) is 4.74 Å². The van der Waals surface area contributed by atoms with Crippen LogP contribution in [0.4, 0.5) is 0 Å². The first-order valence-corrected chi connectivity index (χ1v) is 5.07. The Morgan fingerprint density at radius 2 is 2.15 bits per heavy atom. The first kappa shape index (κ1) is 10.3. The maximum atomic E-state index is 11.5. The fourth-order valence-electron chi connectivity index (χ4n) is 1.59. The molecule has 0 saturated carbocycles. The Labute approximate surface area is 80.0 Å². The van der Waals surface area contributed by atoms with Crippen LogP contribution in [0.25, 0.3) is 0 Å². The SMILES string of the molecule is CCCOC(=O)C1CC=CCC1C. The zero-order chi connectivity index (χ0) is 9.68. The summed E-state index contributed by atoms with van der Waals surface area (Å²) in [6.45, 7) is 4.69. The van der Waals surface area contributed by atoms with Crippen molar-refractivity contribution in [2.24, 2.45) is 11.8 Å². The lowest BCUT2D eigenvalue weighted by Gasteiger charge is -2.23. The summed E-state index contributed by atoms with van der Waals surface area (Å²) in [5.41, 5.74) is 0. The van der Waals surface area contributed by atoms with E-state index in [1.165, 1.54) is 0 Å². The summed E-state index contributed by atoms with van der Waals surface area (Å²) < 4.78 is 5.13. The number of esters is 1. The molecule has 0 aromatic rings. The first-order chi connectivity index (χ1) is 6.25. The highest BCUT2D eigenvalue weighted by atomic mass is 16.5. The number of carbonyl (C=O) groups excluding carboxylic acids is 1. The van der Waals surface area contributed by atoms with Crippen LogP contribution in [0.15, 0.2) is 12.2 Å². The van der Waals surface area contributed by atoms with E-state index in [1.807, 2.05) is 6.92 Å². The molecule has 1 rings (SSSR count). The smallest absolute Gasteiger partial charge is 0.309 e. The Bertz CT molecular complexity index is 196. The molecule has 0 spiro atoms. The molecule has 0 aromatic carbocycles. The quantitative estimate of drug-likeness (QED) is 0.495. The molecule has 1 aliphatic carbocycles.